The van der Waals surface area contributed by atoms with Gasteiger partial charge in [0.25, 0.3) is 0 Å². The van der Waals surface area contributed by atoms with Gasteiger partial charge in [-0.2, -0.15) is 0 Å². The van der Waals surface area contributed by atoms with Crippen molar-refractivity contribution < 1.29 is 14.4 Å². The molecule has 0 saturated heterocycles. The summed E-state index contributed by atoms with van der Waals surface area (Å²) in [6, 6.07) is 11.3. The van der Waals surface area contributed by atoms with Gasteiger partial charge >= 0.3 is 5.69 Å². The second-order valence-corrected chi connectivity index (χ2v) is 7.15. The molecule has 2 aliphatic heterocycles. The van der Waals surface area contributed by atoms with Gasteiger partial charge in [-0.15, -0.1) is 0 Å². The molecular formula is C20H20N2O4. The molecule has 2 aromatic rings. The fourth-order valence-electron chi connectivity index (χ4n) is 4.10. The van der Waals surface area contributed by atoms with Crippen LogP contribution in [-0.4, -0.2) is 24.8 Å². The van der Waals surface area contributed by atoms with E-state index in [0.717, 1.165) is 5.69 Å². The number of para-hydroxylation sites is 1. The zero-order chi connectivity index (χ0) is 18.7. The molecule has 6 nitrogen and oxygen atoms in total. The van der Waals surface area contributed by atoms with Crippen LogP contribution in [0.15, 0.2) is 42.5 Å². The molecular weight excluding hydrogens is 332 g/mol. The summed E-state index contributed by atoms with van der Waals surface area (Å²) in [6.45, 7) is 4.29. The molecule has 1 spiro atoms. The molecule has 0 aliphatic carbocycles. The molecule has 6 heteroatoms. The lowest BCUT2D eigenvalue weighted by Gasteiger charge is -2.45. The highest BCUT2D eigenvalue weighted by atomic mass is 16.6. The summed E-state index contributed by atoms with van der Waals surface area (Å²) in [5, 5.41) is 11.3. The van der Waals surface area contributed by atoms with Crippen molar-refractivity contribution >= 4 is 17.5 Å². The molecule has 0 amide bonds. The first-order valence-electron chi connectivity index (χ1n) is 8.40. The number of likely N-dealkylation sites (N-methyl/N-ethyl adjacent to an activating group) is 1. The van der Waals surface area contributed by atoms with Gasteiger partial charge in [0.2, 0.25) is 11.5 Å². The van der Waals surface area contributed by atoms with E-state index < -0.39 is 10.6 Å². The number of rotatable bonds is 2. The quantitative estimate of drug-likeness (QED) is 0.600. The largest absolute Gasteiger partial charge is 0.490 e. The van der Waals surface area contributed by atoms with Crippen LogP contribution in [-0.2, 0) is 5.41 Å². The topological polar surface area (TPSA) is 64.8 Å². The zero-order valence-electron chi connectivity index (χ0n) is 15.1. The number of benzene rings is 2. The molecule has 1 atom stereocenters. The smallest absolute Gasteiger partial charge is 0.311 e. The molecule has 0 aromatic heterocycles. The molecule has 26 heavy (non-hydrogen) atoms. The van der Waals surface area contributed by atoms with Crippen LogP contribution in [0.4, 0.5) is 11.4 Å². The second kappa shape index (κ2) is 5.24. The van der Waals surface area contributed by atoms with Crippen molar-refractivity contribution in [2.24, 2.45) is 0 Å². The first-order chi connectivity index (χ1) is 12.3. The number of ether oxygens (including phenoxy) is 2. The summed E-state index contributed by atoms with van der Waals surface area (Å²) in [6.07, 6.45) is 3.89. The molecule has 2 heterocycles. The first kappa shape index (κ1) is 16.4. The zero-order valence-corrected chi connectivity index (χ0v) is 15.1. The number of nitro benzene ring substituents is 1. The Balaban J connectivity index is 1.87. The summed E-state index contributed by atoms with van der Waals surface area (Å²) in [5.74, 6) is 0.762. The van der Waals surface area contributed by atoms with Crippen LogP contribution in [0.1, 0.15) is 25.0 Å². The Hall–Kier alpha value is -3.02. The van der Waals surface area contributed by atoms with E-state index in [1.807, 2.05) is 31.3 Å². The molecule has 0 saturated carbocycles. The average Bonchev–Trinajstić information content (AvgIpc) is 2.79. The Morgan fingerprint density at radius 1 is 1.23 bits per heavy atom. The van der Waals surface area contributed by atoms with Gasteiger partial charge in [0.1, 0.15) is 5.75 Å². The van der Waals surface area contributed by atoms with E-state index in [-0.39, 0.29) is 16.9 Å². The minimum Gasteiger partial charge on any atom is -0.490 e. The van der Waals surface area contributed by atoms with Crippen molar-refractivity contribution in [2.75, 3.05) is 19.1 Å². The van der Waals surface area contributed by atoms with Crippen molar-refractivity contribution in [2.45, 2.75) is 25.0 Å². The highest BCUT2D eigenvalue weighted by molar-refractivity contribution is 5.74. The first-order valence-corrected chi connectivity index (χ1v) is 8.40. The van der Waals surface area contributed by atoms with Crippen LogP contribution in [0.2, 0.25) is 0 Å². The fourth-order valence-corrected chi connectivity index (χ4v) is 4.10. The third kappa shape index (κ3) is 1.92. The van der Waals surface area contributed by atoms with Gasteiger partial charge in [0, 0.05) is 30.4 Å². The van der Waals surface area contributed by atoms with Crippen LogP contribution in [0.5, 0.6) is 11.5 Å². The Labute approximate surface area is 151 Å². The molecule has 0 bridgehead atoms. The lowest BCUT2D eigenvalue weighted by molar-refractivity contribution is -0.385. The van der Waals surface area contributed by atoms with E-state index in [1.54, 1.807) is 6.07 Å². The van der Waals surface area contributed by atoms with E-state index in [4.69, 9.17) is 9.47 Å². The SMILES string of the molecule is COc1cc2c(cc1[N+](=O)[O-])C=CC1(O2)N(C)c2ccccc2C1(C)C. The number of fused-ring (bicyclic) bond motifs is 2. The Kier molecular flexibility index (Phi) is 3.31. The number of anilines is 1. The Morgan fingerprint density at radius 2 is 1.96 bits per heavy atom. The third-order valence-corrected chi connectivity index (χ3v) is 5.59. The summed E-state index contributed by atoms with van der Waals surface area (Å²) in [7, 11) is 3.43. The van der Waals surface area contributed by atoms with Crippen molar-refractivity contribution in [3.8, 4) is 11.5 Å². The van der Waals surface area contributed by atoms with Gasteiger partial charge in [-0.3, -0.25) is 10.1 Å². The Morgan fingerprint density at radius 3 is 2.62 bits per heavy atom. The van der Waals surface area contributed by atoms with Crippen LogP contribution >= 0.6 is 0 Å². The number of nitrogens with zero attached hydrogens (tertiary/aromatic N) is 2. The van der Waals surface area contributed by atoms with Crippen LogP contribution in [0.3, 0.4) is 0 Å². The number of hydrogen-bond acceptors (Lipinski definition) is 5. The summed E-state index contributed by atoms with van der Waals surface area (Å²) >= 11 is 0. The van der Waals surface area contributed by atoms with Gasteiger partial charge in [-0.05, 0) is 37.6 Å². The van der Waals surface area contributed by atoms with Gasteiger partial charge in [0.15, 0.2) is 0 Å². The van der Waals surface area contributed by atoms with Gasteiger partial charge in [0.05, 0.1) is 17.4 Å². The van der Waals surface area contributed by atoms with Crippen molar-refractivity contribution in [3.63, 3.8) is 0 Å². The molecule has 4 rings (SSSR count). The fraction of sp³-hybridized carbons (Fsp3) is 0.300. The van der Waals surface area contributed by atoms with Crippen LogP contribution in [0, 0.1) is 10.1 Å². The monoisotopic (exact) mass is 352 g/mol. The second-order valence-electron chi connectivity index (χ2n) is 7.15. The van der Waals surface area contributed by atoms with Crippen molar-refractivity contribution in [1.82, 2.24) is 0 Å². The number of methoxy groups -OCH3 is 1. The summed E-state index contributed by atoms with van der Waals surface area (Å²) in [4.78, 5) is 12.9. The number of nitro groups is 1. The van der Waals surface area contributed by atoms with E-state index in [0.29, 0.717) is 11.3 Å². The van der Waals surface area contributed by atoms with Crippen molar-refractivity contribution in [3.05, 3.63) is 63.7 Å². The standard InChI is InChI=1S/C20H20N2O4/c1-19(2)14-7-5-6-8-15(14)21(3)20(19)10-9-13-11-16(22(23)24)18(25-4)12-17(13)26-20/h5-12H,1-4H3. The lowest BCUT2D eigenvalue weighted by atomic mass is 9.76. The normalized spacial score (nSPS) is 21.9. The lowest BCUT2D eigenvalue weighted by Crippen LogP contribution is -2.58. The molecule has 0 N–H and O–H groups in total. The van der Waals surface area contributed by atoms with Gasteiger partial charge < -0.3 is 14.4 Å². The maximum atomic E-state index is 11.3. The molecule has 0 radical (unpaired) electrons. The number of hydrogen-bond donors (Lipinski definition) is 0. The highest BCUT2D eigenvalue weighted by Crippen LogP contribution is 2.54. The van der Waals surface area contributed by atoms with E-state index in [1.165, 1.54) is 18.7 Å². The maximum Gasteiger partial charge on any atom is 0.311 e. The van der Waals surface area contributed by atoms with Crippen LogP contribution in [0.25, 0.3) is 6.08 Å². The average molecular weight is 352 g/mol. The minimum absolute atomic E-state index is 0.0715. The maximum absolute atomic E-state index is 11.3. The molecule has 2 aliphatic rings. The predicted octanol–water partition coefficient (Wildman–Crippen LogP) is 4.13. The minimum atomic E-state index is -0.717. The molecule has 2 aromatic carbocycles. The van der Waals surface area contributed by atoms with Gasteiger partial charge in [-0.25, -0.2) is 0 Å². The molecule has 0 fully saturated rings. The van der Waals surface area contributed by atoms with E-state index in [9.17, 15) is 10.1 Å². The van der Waals surface area contributed by atoms with Crippen molar-refractivity contribution in [1.29, 1.82) is 0 Å². The Bertz CT molecular complexity index is 951. The molecule has 134 valence electrons. The van der Waals surface area contributed by atoms with E-state index in [2.05, 4.69) is 30.9 Å². The summed E-state index contributed by atoms with van der Waals surface area (Å²) in [5.41, 5.74) is 1.87. The van der Waals surface area contributed by atoms with E-state index >= 15 is 0 Å². The van der Waals surface area contributed by atoms with Gasteiger partial charge in [-0.1, -0.05) is 18.2 Å². The summed E-state index contributed by atoms with van der Waals surface area (Å²) < 4.78 is 11.7. The molecule has 1 unspecified atom stereocenters. The van der Waals surface area contributed by atoms with Crippen LogP contribution < -0.4 is 14.4 Å². The highest BCUT2D eigenvalue weighted by Gasteiger charge is 2.57. The third-order valence-electron chi connectivity index (χ3n) is 5.59. The predicted molar refractivity (Wildman–Crippen MR) is 99.9 cm³/mol.